The fourth-order valence-electron chi connectivity index (χ4n) is 1.49. The number of sulfonamides is 1. The van der Waals surface area contributed by atoms with Crippen LogP contribution >= 0.6 is 27.3 Å². The average molecular weight is 376 g/mol. The van der Waals surface area contributed by atoms with Crippen LogP contribution in [0.25, 0.3) is 0 Å². The zero-order valence-electron chi connectivity index (χ0n) is 10.3. The molecule has 0 atom stereocenters. The van der Waals surface area contributed by atoms with Gasteiger partial charge in [-0.15, -0.1) is 11.3 Å². The molecule has 0 fully saturated rings. The zero-order chi connectivity index (χ0) is 14.9. The van der Waals surface area contributed by atoms with Crippen molar-refractivity contribution in [2.24, 2.45) is 0 Å². The molecule has 5 nitrogen and oxygen atoms in total. The van der Waals surface area contributed by atoms with Gasteiger partial charge in [-0.1, -0.05) is 15.9 Å². The molecule has 0 radical (unpaired) electrons. The van der Waals surface area contributed by atoms with Gasteiger partial charge in [-0.05, 0) is 42.8 Å². The third-order valence-corrected chi connectivity index (χ3v) is 6.30. The average Bonchev–Trinajstić information content (AvgIpc) is 2.84. The highest BCUT2D eigenvalue weighted by Crippen LogP contribution is 2.26. The van der Waals surface area contributed by atoms with E-state index in [1.54, 1.807) is 18.2 Å². The van der Waals surface area contributed by atoms with Gasteiger partial charge in [0.25, 0.3) is 10.0 Å². The molecule has 0 unspecified atom stereocenters. The molecule has 1 aromatic carbocycles. The van der Waals surface area contributed by atoms with Crippen molar-refractivity contribution in [3.63, 3.8) is 0 Å². The maximum atomic E-state index is 12.1. The molecular weight excluding hydrogens is 366 g/mol. The number of carbonyl (C=O) groups is 1. The molecule has 2 aromatic rings. The maximum Gasteiger partial charge on any atom is 0.345 e. The molecule has 0 saturated carbocycles. The van der Waals surface area contributed by atoms with E-state index in [4.69, 9.17) is 5.11 Å². The standard InChI is InChI=1S/C12H10BrNO4S2/c1-7-6-8(2-3-9(7)13)14-20(17,18)11-5-4-10(19-11)12(15)16/h2-6,14H,1H3,(H,15,16). The van der Waals surface area contributed by atoms with E-state index >= 15 is 0 Å². The Balaban J connectivity index is 2.30. The molecule has 1 aromatic heterocycles. The van der Waals surface area contributed by atoms with Crippen molar-refractivity contribution in [1.29, 1.82) is 0 Å². The van der Waals surface area contributed by atoms with Gasteiger partial charge in [0.05, 0.1) is 0 Å². The number of rotatable bonds is 4. The van der Waals surface area contributed by atoms with Gasteiger partial charge in [-0.3, -0.25) is 4.72 Å². The largest absolute Gasteiger partial charge is 0.477 e. The summed E-state index contributed by atoms with van der Waals surface area (Å²) in [5, 5.41) is 8.81. The molecule has 0 spiro atoms. The van der Waals surface area contributed by atoms with E-state index in [0.29, 0.717) is 17.0 Å². The van der Waals surface area contributed by atoms with Crippen LogP contribution in [0.4, 0.5) is 5.69 Å². The first-order chi connectivity index (χ1) is 9.29. The third kappa shape index (κ3) is 3.20. The Morgan fingerprint density at radius 3 is 2.55 bits per heavy atom. The topological polar surface area (TPSA) is 83.5 Å². The molecular formula is C12H10BrNO4S2. The fraction of sp³-hybridized carbons (Fsp3) is 0.0833. The molecule has 1 heterocycles. The van der Waals surface area contributed by atoms with Crippen LogP contribution in [0.15, 0.2) is 39.0 Å². The van der Waals surface area contributed by atoms with Crippen LogP contribution in [0.2, 0.25) is 0 Å². The zero-order valence-corrected chi connectivity index (χ0v) is 13.5. The quantitative estimate of drug-likeness (QED) is 0.858. The van der Waals surface area contributed by atoms with Crippen LogP contribution in [0, 0.1) is 6.92 Å². The van der Waals surface area contributed by atoms with E-state index in [2.05, 4.69) is 20.7 Å². The van der Waals surface area contributed by atoms with Crippen molar-refractivity contribution in [1.82, 2.24) is 0 Å². The number of nitrogens with one attached hydrogen (secondary N) is 1. The SMILES string of the molecule is Cc1cc(NS(=O)(=O)c2ccc(C(=O)O)s2)ccc1Br. The highest BCUT2D eigenvalue weighted by Gasteiger charge is 2.19. The van der Waals surface area contributed by atoms with Crippen LogP contribution < -0.4 is 4.72 Å². The fourth-order valence-corrected chi connectivity index (χ4v) is 3.93. The molecule has 8 heteroatoms. The Morgan fingerprint density at radius 2 is 2.00 bits per heavy atom. The monoisotopic (exact) mass is 375 g/mol. The van der Waals surface area contributed by atoms with E-state index in [0.717, 1.165) is 10.0 Å². The van der Waals surface area contributed by atoms with Crippen LogP contribution in [0.5, 0.6) is 0 Å². The summed E-state index contributed by atoms with van der Waals surface area (Å²) in [5.74, 6) is -1.14. The predicted octanol–water partition coefficient (Wildman–Crippen LogP) is 3.32. The molecule has 0 aliphatic rings. The number of halogens is 1. The first-order valence-electron chi connectivity index (χ1n) is 5.42. The lowest BCUT2D eigenvalue weighted by molar-refractivity contribution is 0.0702. The lowest BCUT2D eigenvalue weighted by atomic mass is 10.2. The summed E-state index contributed by atoms with van der Waals surface area (Å²) < 4.78 is 27.5. The van der Waals surface area contributed by atoms with Crippen molar-refractivity contribution in [3.05, 3.63) is 45.2 Å². The smallest absolute Gasteiger partial charge is 0.345 e. The lowest BCUT2D eigenvalue weighted by Crippen LogP contribution is -2.11. The Labute approximate surface area is 128 Å². The molecule has 2 rings (SSSR count). The van der Waals surface area contributed by atoms with Gasteiger partial charge in [0.15, 0.2) is 0 Å². The molecule has 0 aliphatic carbocycles. The van der Waals surface area contributed by atoms with E-state index < -0.39 is 16.0 Å². The van der Waals surface area contributed by atoms with Gasteiger partial charge in [-0.2, -0.15) is 0 Å². The van der Waals surface area contributed by atoms with Crippen molar-refractivity contribution >= 4 is 48.9 Å². The summed E-state index contributed by atoms with van der Waals surface area (Å²) in [4.78, 5) is 10.8. The van der Waals surface area contributed by atoms with Crippen molar-refractivity contribution in [3.8, 4) is 0 Å². The number of anilines is 1. The highest BCUT2D eigenvalue weighted by atomic mass is 79.9. The summed E-state index contributed by atoms with van der Waals surface area (Å²) in [7, 11) is -3.77. The van der Waals surface area contributed by atoms with Gasteiger partial charge in [0.2, 0.25) is 0 Å². The summed E-state index contributed by atoms with van der Waals surface area (Å²) in [6.45, 7) is 1.84. The van der Waals surface area contributed by atoms with Crippen LogP contribution in [-0.2, 0) is 10.0 Å². The molecule has 106 valence electrons. The molecule has 0 aliphatic heterocycles. The first-order valence-corrected chi connectivity index (χ1v) is 8.51. The molecule has 2 N–H and O–H groups in total. The van der Waals surface area contributed by atoms with Crippen molar-refractivity contribution in [2.75, 3.05) is 4.72 Å². The van der Waals surface area contributed by atoms with Crippen molar-refractivity contribution < 1.29 is 18.3 Å². The van der Waals surface area contributed by atoms with Gasteiger partial charge >= 0.3 is 5.97 Å². The van der Waals surface area contributed by atoms with Gasteiger partial charge in [-0.25, -0.2) is 13.2 Å². The van der Waals surface area contributed by atoms with E-state index in [-0.39, 0.29) is 9.09 Å². The third-order valence-electron chi connectivity index (χ3n) is 2.47. The molecule has 0 bridgehead atoms. The second-order valence-corrected chi connectivity index (χ2v) is 7.84. The van der Waals surface area contributed by atoms with E-state index in [9.17, 15) is 13.2 Å². The second kappa shape index (κ2) is 5.55. The van der Waals surface area contributed by atoms with Crippen LogP contribution in [0.1, 0.15) is 15.2 Å². The van der Waals surface area contributed by atoms with Gasteiger partial charge < -0.3 is 5.11 Å². The Kier molecular flexibility index (Phi) is 4.17. The van der Waals surface area contributed by atoms with Crippen molar-refractivity contribution in [2.45, 2.75) is 11.1 Å². The summed E-state index contributed by atoms with van der Waals surface area (Å²) in [5.41, 5.74) is 1.32. The van der Waals surface area contributed by atoms with Gasteiger partial charge in [0, 0.05) is 10.2 Å². The number of carboxylic acid groups (broad SMARTS) is 1. The number of carboxylic acids is 1. The minimum atomic E-state index is -3.77. The van der Waals surface area contributed by atoms with E-state index in [1.165, 1.54) is 12.1 Å². The van der Waals surface area contributed by atoms with Crippen LogP contribution in [-0.4, -0.2) is 19.5 Å². The highest BCUT2D eigenvalue weighted by molar-refractivity contribution is 9.10. The molecule has 0 amide bonds. The number of hydrogen-bond acceptors (Lipinski definition) is 4. The lowest BCUT2D eigenvalue weighted by Gasteiger charge is -2.07. The number of aryl methyl sites for hydroxylation is 1. The van der Waals surface area contributed by atoms with Gasteiger partial charge in [0.1, 0.15) is 9.09 Å². The molecule has 20 heavy (non-hydrogen) atoms. The molecule has 0 saturated heterocycles. The number of thiophene rings is 1. The number of benzene rings is 1. The minimum Gasteiger partial charge on any atom is -0.477 e. The Morgan fingerprint density at radius 1 is 1.30 bits per heavy atom. The van der Waals surface area contributed by atoms with E-state index in [1.807, 2.05) is 6.92 Å². The summed E-state index contributed by atoms with van der Waals surface area (Å²) >= 11 is 4.05. The second-order valence-electron chi connectivity index (χ2n) is 3.99. The predicted molar refractivity (Wildman–Crippen MR) is 81.0 cm³/mol. The minimum absolute atomic E-state index is 0.0163. The number of hydrogen-bond donors (Lipinski definition) is 2. The van der Waals surface area contributed by atoms with Crippen LogP contribution in [0.3, 0.4) is 0 Å². The Bertz CT molecular complexity index is 768. The summed E-state index contributed by atoms with van der Waals surface area (Å²) in [6, 6.07) is 7.61. The number of aromatic carboxylic acids is 1. The summed E-state index contributed by atoms with van der Waals surface area (Å²) in [6.07, 6.45) is 0. The first kappa shape index (κ1) is 15.0. The Hall–Kier alpha value is -1.38. The maximum absolute atomic E-state index is 12.1. The normalized spacial score (nSPS) is 11.3.